The van der Waals surface area contributed by atoms with E-state index in [1.165, 1.54) is 0 Å². The molecule has 1 amide bonds. The summed E-state index contributed by atoms with van der Waals surface area (Å²) in [5.41, 5.74) is 0.613. The van der Waals surface area contributed by atoms with Gasteiger partial charge in [-0.25, -0.2) is 0 Å². The van der Waals surface area contributed by atoms with Crippen molar-refractivity contribution in [2.45, 2.75) is 6.42 Å². The molecule has 3 aromatic rings. The summed E-state index contributed by atoms with van der Waals surface area (Å²) in [7, 11) is 0. The van der Waals surface area contributed by atoms with E-state index in [2.05, 4.69) is 20.5 Å². The Morgan fingerprint density at radius 1 is 1.16 bits per heavy atom. The van der Waals surface area contributed by atoms with Gasteiger partial charge in [-0.3, -0.25) is 9.78 Å². The van der Waals surface area contributed by atoms with Crippen LogP contribution in [0.3, 0.4) is 0 Å². The molecule has 0 saturated heterocycles. The summed E-state index contributed by atoms with van der Waals surface area (Å²) < 4.78 is 10.9. The molecule has 0 saturated carbocycles. The van der Waals surface area contributed by atoms with E-state index in [9.17, 15) is 4.79 Å². The molecule has 2 aromatic heterocycles. The number of amides is 1. The predicted octanol–water partition coefficient (Wildman–Crippen LogP) is 2.52. The van der Waals surface area contributed by atoms with E-state index in [0.717, 1.165) is 0 Å². The molecule has 0 aliphatic rings. The van der Waals surface area contributed by atoms with Crippen molar-refractivity contribution in [3.05, 3.63) is 59.6 Å². The normalized spacial score (nSPS) is 10.4. The molecule has 1 aromatic carbocycles. The summed E-state index contributed by atoms with van der Waals surface area (Å²) in [4.78, 5) is 15.9. The Hall–Kier alpha value is -2.93. The maximum atomic E-state index is 11.8. The van der Waals surface area contributed by atoms with Crippen LogP contribution in [0.5, 0.6) is 5.75 Å². The van der Waals surface area contributed by atoms with Crippen molar-refractivity contribution in [1.29, 1.82) is 0 Å². The number of ether oxygens (including phenoxy) is 1. The Morgan fingerprint density at radius 2 is 2.00 bits per heavy atom. The van der Waals surface area contributed by atoms with E-state index in [1.54, 1.807) is 36.5 Å². The maximum absolute atomic E-state index is 11.8. The molecule has 0 radical (unpaired) electrons. The van der Waals surface area contributed by atoms with Gasteiger partial charge in [0.05, 0.1) is 0 Å². The van der Waals surface area contributed by atoms with E-state index in [0.29, 0.717) is 41.2 Å². The second-order valence-electron chi connectivity index (χ2n) is 5.06. The lowest BCUT2D eigenvalue weighted by molar-refractivity contribution is -0.123. The van der Waals surface area contributed by atoms with Crippen LogP contribution >= 0.6 is 11.6 Å². The first-order valence-corrected chi connectivity index (χ1v) is 7.97. The minimum absolute atomic E-state index is 0.0787. The highest BCUT2D eigenvalue weighted by atomic mass is 35.5. The second-order valence-corrected chi connectivity index (χ2v) is 5.49. The lowest BCUT2D eigenvalue weighted by Crippen LogP contribution is -2.30. The first-order chi connectivity index (χ1) is 12.2. The van der Waals surface area contributed by atoms with E-state index in [4.69, 9.17) is 20.8 Å². The van der Waals surface area contributed by atoms with E-state index < -0.39 is 0 Å². The van der Waals surface area contributed by atoms with Gasteiger partial charge in [0.2, 0.25) is 5.89 Å². The van der Waals surface area contributed by atoms with Crippen LogP contribution in [0.2, 0.25) is 5.02 Å². The number of nitrogens with one attached hydrogen (secondary N) is 1. The number of hydrogen-bond donors (Lipinski definition) is 1. The number of pyridine rings is 1. The topological polar surface area (TPSA) is 90.1 Å². The first-order valence-electron chi connectivity index (χ1n) is 7.59. The molecule has 0 fully saturated rings. The molecular weight excluding hydrogens is 344 g/mol. The Bertz CT molecular complexity index is 821. The second kappa shape index (κ2) is 8.25. The fourth-order valence-electron chi connectivity index (χ4n) is 1.99. The number of rotatable bonds is 7. The Morgan fingerprint density at radius 3 is 2.76 bits per heavy atom. The molecule has 0 aliphatic heterocycles. The molecule has 128 valence electrons. The van der Waals surface area contributed by atoms with Crippen LogP contribution in [0.15, 0.2) is 53.1 Å². The third-order valence-electron chi connectivity index (χ3n) is 3.20. The summed E-state index contributed by atoms with van der Waals surface area (Å²) in [6.07, 6.45) is 2.08. The lowest BCUT2D eigenvalue weighted by atomic mass is 10.3. The SMILES string of the molecule is O=C(COc1ccc(Cl)cc1)NCCc1nnc(-c2ccccn2)o1. The number of carbonyl (C=O) groups excluding carboxylic acids is 1. The standard InChI is InChI=1S/C17H15ClN4O3/c18-12-4-6-13(7-5-12)24-11-15(23)20-10-8-16-21-22-17(25-16)14-3-1-2-9-19-14/h1-7,9H,8,10-11H2,(H,20,23). The minimum atomic E-state index is -0.237. The largest absolute Gasteiger partial charge is 0.484 e. The van der Waals surface area contributed by atoms with Gasteiger partial charge in [0.25, 0.3) is 11.8 Å². The van der Waals surface area contributed by atoms with E-state index in [-0.39, 0.29) is 12.5 Å². The van der Waals surface area contributed by atoms with Crippen molar-refractivity contribution in [3.63, 3.8) is 0 Å². The number of benzene rings is 1. The molecule has 0 bridgehead atoms. The summed E-state index contributed by atoms with van der Waals surface area (Å²) in [5.74, 6) is 1.13. The zero-order valence-corrected chi connectivity index (χ0v) is 13.9. The van der Waals surface area contributed by atoms with Crippen molar-refractivity contribution < 1.29 is 13.9 Å². The summed E-state index contributed by atoms with van der Waals surface area (Å²) in [6.45, 7) is 0.289. The van der Waals surface area contributed by atoms with Gasteiger partial charge in [-0.2, -0.15) is 0 Å². The van der Waals surface area contributed by atoms with Crippen molar-refractivity contribution in [2.75, 3.05) is 13.2 Å². The predicted molar refractivity (Wildman–Crippen MR) is 91.2 cm³/mol. The molecule has 8 heteroatoms. The Balaban J connectivity index is 1.41. The van der Waals surface area contributed by atoms with Crippen molar-refractivity contribution in [3.8, 4) is 17.3 Å². The van der Waals surface area contributed by atoms with Crippen LogP contribution < -0.4 is 10.1 Å². The maximum Gasteiger partial charge on any atom is 0.266 e. The highest BCUT2D eigenvalue weighted by molar-refractivity contribution is 6.30. The van der Waals surface area contributed by atoms with Crippen molar-refractivity contribution >= 4 is 17.5 Å². The highest BCUT2D eigenvalue weighted by Crippen LogP contribution is 2.15. The molecule has 25 heavy (non-hydrogen) atoms. The molecule has 1 N–H and O–H groups in total. The molecule has 0 atom stereocenters. The summed E-state index contributed by atoms with van der Waals surface area (Å²) in [6, 6.07) is 12.2. The van der Waals surface area contributed by atoms with Gasteiger partial charge >= 0.3 is 0 Å². The lowest BCUT2D eigenvalue weighted by Gasteiger charge is -2.06. The Labute approximate surface area is 149 Å². The van der Waals surface area contributed by atoms with Gasteiger partial charge in [0, 0.05) is 24.2 Å². The van der Waals surface area contributed by atoms with Crippen LogP contribution in [-0.2, 0) is 11.2 Å². The molecule has 2 heterocycles. The molecule has 0 unspecified atom stereocenters. The number of halogens is 1. The minimum Gasteiger partial charge on any atom is -0.484 e. The van der Waals surface area contributed by atoms with Gasteiger partial charge in [-0.1, -0.05) is 17.7 Å². The quantitative estimate of drug-likeness (QED) is 0.698. The zero-order valence-electron chi connectivity index (χ0n) is 13.2. The van der Waals surface area contributed by atoms with Gasteiger partial charge in [-0.05, 0) is 36.4 Å². The number of aromatic nitrogens is 3. The number of carbonyl (C=O) groups is 1. The smallest absolute Gasteiger partial charge is 0.266 e. The molecule has 3 rings (SSSR count). The Kier molecular flexibility index (Phi) is 5.58. The van der Waals surface area contributed by atoms with Gasteiger partial charge in [0.15, 0.2) is 6.61 Å². The van der Waals surface area contributed by atoms with Gasteiger partial charge in [0.1, 0.15) is 11.4 Å². The third-order valence-corrected chi connectivity index (χ3v) is 3.45. The van der Waals surface area contributed by atoms with Crippen LogP contribution in [0.4, 0.5) is 0 Å². The van der Waals surface area contributed by atoms with Crippen LogP contribution in [-0.4, -0.2) is 34.2 Å². The van der Waals surface area contributed by atoms with Crippen molar-refractivity contribution in [2.24, 2.45) is 0 Å². The average molecular weight is 359 g/mol. The van der Waals surface area contributed by atoms with Crippen molar-refractivity contribution in [1.82, 2.24) is 20.5 Å². The fraction of sp³-hybridized carbons (Fsp3) is 0.176. The van der Waals surface area contributed by atoms with Crippen LogP contribution in [0.1, 0.15) is 5.89 Å². The average Bonchev–Trinajstić information content (AvgIpc) is 3.11. The molecule has 0 spiro atoms. The third kappa shape index (κ3) is 5.02. The van der Waals surface area contributed by atoms with Gasteiger partial charge < -0.3 is 14.5 Å². The number of nitrogens with zero attached hydrogens (tertiary/aromatic N) is 3. The monoisotopic (exact) mass is 358 g/mol. The van der Waals surface area contributed by atoms with Gasteiger partial charge in [-0.15, -0.1) is 10.2 Å². The van der Waals surface area contributed by atoms with E-state index >= 15 is 0 Å². The molecular formula is C17H15ClN4O3. The fourth-order valence-corrected chi connectivity index (χ4v) is 2.11. The van der Waals surface area contributed by atoms with E-state index in [1.807, 2.05) is 12.1 Å². The first kappa shape index (κ1) is 16.9. The number of hydrogen-bond acceptors (Lipinski definition) is 6. The zero-order chi connectivity index (χ0) is 17.5. The summed E-state index contributed by atoms with van der Waals surface area (Å²) >= 11 is 5.78. The molecule has 7 nitrogen and oxygen atoms in total. The highest BCUT2D eigenvalue weighted by Gasteiger charge is 2.10. The summed E-state index contributed by atoms with van der Waals surface area (Å²) in [5, 5.41) is 11.2. The van der Waals surface area contributed by atoms with Crippen LogP contribution in [0.25, 0.3) is 11.6 Å². The van der Waals surface area contributed by atoms with Crippen LogP contribution in [0, 0.1) is 0 Å². The molecule has 0 aliphatic carbocycles.